The van der Waals surface area contributed by atoms with E-state index in [1.807, 2.05) is 0 Å². The Morgan fingerprint density at radius 3 is 0.946 bits per heavy atom. The van der Waals surface area contributed by atoms with Crippen molar-refractivity contribution in [1.82, 2.24) is 0 Å². The number of carboxylic acids is 2. The fourth-order valence-electron chi connectivity index (χ4n) is 3.88. The van der Waals surface area contributed by atoms with Gasteiger partial charge in [-0.3, -0.25) is 0 Å². The number of carbonyl (C=O) groups is 2. The molecule has 0 aromatic heterocycles. The van der Waals surface area contributed by atoms with Crippen molar-refractivity contribution in [3.05, 3.63) is 0 Å². The second-order valence-electron chi connectivity index (χ2n) is 10.7. The van der Waals surface area contributed by atoms with Gasteiger partial charge in [0.2, 0.25) is 0 Å². The van der Waals surface area contributed by atoms with E-state index in [-0.39, 0.29) is 34.0 Å². The number of hydrogen-bond donors (Lipinski definition) is 0. The van der Waals surface area contributed by atoms with Crippen LogP contribution >= 0.6 is 0 Å². The number of carboxylic acid groups (broad SMARTS) is 2. The van der Waals surface area contributed by atoms with E-state index >= 15 is 0 Å². The van der Waals surface area contributed by atoms with Crippen LogP contribution < -0.4 is 10.2 Å². The van der Waals surface area contributed by atoms with Crippen LogP contribution in [-0.4, -0.2) is 33.1 Å². The van der Waals surface area contributed by atoms with Gasteiger partial charge in [-0.1, -0.05) is 117 Å². The Balaban J connectivity index is -0.000000481. The van der Waals surface area contributed by atoms with Crippen LogP contribution in [-0.2, 0) is 9.59 Å². The summed E-state index contributed by atoms with van der Waals surface area (Å²) in [6, 6.07) is 0. The first-order valence-electron chi connectivity index (χ1n) is 15.9. The molecule has 37 heavy (non-hydrogen) atoms. The van der Waals surface area contributed by atoms with Crippen molar-refractivity contribution in [3.8, 4) is 0 Å². The molecule has 0 heterocycles. The van der Waals surface area contributed by atoms with Gasteiger partial charge >= 0.3 is 69.5 Å². The Bertz CT molecular complexity index is 416. The number of carbonyl (C=O) groups excluding carboxylic acids is 2. The van der Waals surface area contributed by atoms with E-state index < -0.39 is 11.9 Å². The summed E-state index contributed by atoms with van der Waals surface area (Å²) in [4.78, 5) is 20.2. The van der Waals surface area contributed by atoms with Gasteiger partial charge < -0.3 is 19.8 Å². The molecule has 0 aromatic rings. The second kappa shape index (κ2) is 35.7. The summed E-state index contributed by atoms with van der Waals surface area (Å²) in [5, 5.41) is 20.2. The molecule has 0 aliphatic rings. The van der Waals surface area contributed by atoms with Crippen LogP contribution in [0.1, 0.15) is 183 Å². The first-order chi connectivity index (χ1) is 17.7. The molecule has 5 heteroatoms. The minimum absolute atomic E-state index is 0.00250. The van der Waals surface area contributed by atoms with Crippen molar-refractivity contribution in [1.29, 1.82) is 0 Å². The summed E-state index contributed by atoms with van der Waals surface area (Å²) >= 11 is 0.00250. The van der Waals surface area contributed by atoms with Crippen molar-refractivity contribution < 1.29 is 19.8 Å². The summed E-state index contributed by atoms with van der Waals surface area (Å²) in [6.45, 7) is 13.9. The SMILES string of the molecule is CCCCCCCCCCCC(=O)[O-].CCCCCCCCCCCC(=O)[O-].CC[CH](C)[Sn+2][CH](C)CC. The van der Waals surface area contributed by atoms with E-state index in [9.17, 15) is 19.8 Å². The molecule has 0 aliphatic heterocycles. The van der Waals surface area contributed by atoms with Crippen molar-refractivity contribution >= 4 is 33.1 Å². The average molecular weight is 632 g/mol. The van der Waals surface area contributed by atoms with Crippen LogP contribution in [0.25, 0.3) is 0 Å². The van der Waals surface area contributed by atoms with Crippen LogP contribution in [0.2, 0.25) is 7.87 Å². The van der Waals surface area contributed by atoms with Crippen LogP contribution in [0.3, 0.4) is 0 Å². The van der Waals surface area contributed by atoms with Crippen molar-refractivity contribution in [2.45, 2.75) is 191 Å². The molecule has 0 aromatic carbocycles. The van der Waals surface area contributed by atoms with Gasteiger partial charge in [-0.15, -0.1) is 0 Å². The molecule has 0 N–H and O–H groups in total. The van der Waals surface area contributed by atoms with Crippen molar-refractivity contribution in [2.75, 3.05) is 0 Å². The van der Waals surface area contributed by atoms with Crippen LogP contribution in [0.4, 0.5) is 0 Å². The molecule has 4 nitrogen and oxygen atoms in total. The van der Waals surface area contributed by atoms with E-state index in [2.05, 4.69) is 41.5 Å². The van der Waals surface area contributed by atoms with Crippen LogP contribution in [0.5, 0.6) is 0 Å². The molecule has 220 valence electrons. The number of unbranched alkanes of at least 4 members (excludes halogenated alkanes) is 16. The van der Waals surface area contributed by atoms with Crippen molar-refractivity contribution in [3.63, 3.8) is 0 Å². The fraction of sp³-hybridized carbons (Fsp3) is 0.938. The minimum atomic E-state index is -0.909. The summed E-state index contributed by atoms with van der Waals surface area (Å²) in [7, 11) is 0. The quantitative estimate of drug-likeness (QED) is 0.0791. The van der Waals surface area contributed by atoms with Gasteiger partial charge in [-0.05, 0) is 25.7 Å². The van der Waals surface area contributed by atoms with Gasteiger partial charge in [0.05, 0.1) is 0 Å². The van der Waals surface area contributed by atoms with Gasteiger partial charge in [0.1, 0.15) is 0 Å². The Hall–Kier alpha value is -0.261. The third-order valence-corrected chi connectivity index (χ3v) is 12.3. The predicted molar refractivity (Wildman–Crippen MR) is 159 cm³/mol. The summed E-state index contributed by atoms with van der Waals surface area (Å²) < 4.78 is 2.20. The second-order valence-corrected chi connectivity index (χ2v) is 17.3. The van der Waals surface area contributed by atoms with E-state index in [1.54, 1.807) is 0 Å². The molecule has 2 unspecified atom stereocenters. The first kappa shape index (κ1) is 41.2. The third-order valence-electron chi connectivity index (χ3n) is 6.76. The maximum atomic E-state index is 10.1. The molecular weight excluding hydrogens is 567 g/mol. The van der Waals surface area contributed by atoms with Gasteiger partial charge in [0.25, 0.3) is 0 Å². The van der Waals surface area contributed by atoms with Crippen molar-refractivity contribution in [2.24, 2.45) is 0 Å². The molecule has 0 aliphatic carbocycles. The standard InChI is InChI=1S/2C12H24O2.2C4H9.Sn/c2*1-2-3-4-5-6-7-8-9-10-11-12(13)14;2*1-3-4-2;/h2*2-11H2,1H3,(H,13,14);2*3H,4H2,1-2H3;/q;;;;+2/p-2. The Labute approximate surface area is 242 Å². The number of rotatable bonds is 24. The zero-order chi connectivity index (χ0) is 28.6. The van der Waals surface area contributed by atoms with Crippen LogP contribution in [0.15, 0.2) is 0 Å². The molecular formula is C32H64O4Sn. The molecule has 0 spiro atoms. The number of aliphatic carboxylic acids is 2. The number of hydrogen-bond acceptors (Lipinski definition) is 4. The summed E-state index contributed by atoms with van der Waals surface area (Å²) in [6.07, 6.45) is 25.2. The average Bonchev–Trinajstić information content (AvgIpc) is 2.87. The topological polar surface area (TPSA) is 80.3 Å². The summed E-state index contributed by atoms with van der Waals surface area (Å²) in [5.74, 6) is -1.82. The van der Waals surface area contributed by atoms with Gasteiger partial charge in [-0.25, -0.2) is 0 Å². The van der Waals surface area contributed by atoms with E-state index in [0.29, 0.717) is 0 Å². The third kappa shape index (κ3) is 46.0. The van der Waals surface area contributed by atoms with Crippen LogP contribution in [0, 0.1) is 0 Å². The Kier molecular flexibility index (Phi) is 39.8. The van der Waals surface area contributed by atoms with Gasteiger partial charge in [0, 0.05) is 11.9 Å². The molecule has 0 bridgehead atoms. The maximum absolute atomic E-state index is 10.1. The molecule has 2 atom stereocenters. The molecule has 0 radical (unpaired) electrons. The van der Waals surface area contributed by atoms with E-state index in [4.69, 9.17) is 0 Å². The fourth-order valence-corrected chi connectivity index (χ4v) is 8.00. The Morgan fingerprint density at radius 1 is 0.486 bits per heavy atom. The molecule has 0 fully saturated rings. The zero-order valence-electron chi connectivity index (χ0n) is 25.8. The van der Waals surface area contributed by atoms with E-state index in [0.717, 1.165) is 33.6 Å². The normalized spacial score (nSPS) is 11.8. The predicted octanol–water partition coefficient (Wildman–Crippen LogP) is 8.44. The molecule has 0 saturated carbocycles. The molecule has 0 rings (SSSR count). The zero-order valence-corrected chi connectivity index (χ0v) is 28.7. The summed E-state index contributed by atoms with van der Waals surface area (Å²) in [5.41, 5.74) is 0. The first-order valence-corrected chi connectivity index (χ1v) is 19.2. The molecule has 0 amide bonds. The van der Waals surface area contributed by atoms with E-state index in [1.165, 1.54) is 103 Å². The molecule has 0 saturated heterocycles. The van der Waals surface area contributed by atoms with Gasteiger partial charge in [0.15, 0.2) is 0 Å². The van der Waals surface area contributed by atoms with Gasteiger partial charge in [-0.2, -0.15) is 0 Å². The Morgan fingerprint density at radius 2 is 0.730 bits per heavy atom. The monoisotopic (exact) mass is 632 g/mol.